The summed E-state index contributed by atoms with van der Waals surface area (Å²) in [6, 6.07) is 16.3. The number of aromatic amines is 1. The molecule has 2 heterocycles. The Bertz CT molecular complexity index is 1260. The van der Waals surface area contributed by atoms with Crippen molar-refractivity contribution in [1.82, 2.24) is 20.2 Å². The summed E-state index contributed by atoms with van der Waals surface area (Å²) < 4.78 is 5.46. The summed E-state index contributed by atoms with van der Waals surface area (Å²) in [6.45, 7) is 2.07. The van der Waals surface area contributed by atoms with Gasteiger partial charge in [-0.2, -0.15) is 0 Å². The molecule has 0 spiro atoms. The van der Waals surface area contributed by atoms with Gasteiger partial charge in [0.2, 0.25) is 5.91 Å². The molecule has 0 saturated carbocycles. The fourth-order valence-corrected chi connectivity index (χ4v) is 5.50. The lowest BCUT2D eigenvalue weighted by Crippen LogP contribution is -2.35. The van der Waals surface area contributed by atoms with E-state index in [9.17, 15) is 9.59 Å². The molecule has 0 saturated heterocycles. The first-order valence-corrected chi connectivity index (χ1v) is 12.6. The second-order valence-corrected chi connectivity index (χ2v) is 9.68. The van der Waals surface area contributed by atoms with E-state index in [1.165, 1.54) is 22.9 Å². The molecule has 5 rings (SSSR count). The number of aromatic nitrogens is 2. The molecular formula is C26H28N4O3S. The smallest absolute Gasteiger partial charge is 0.256 e. The molecule has 1 atom stereocenters. The average Bonchev–Trinajstić information content (AvgIpc) is 3.26. The van der Waals surface area contributed by atoms with Gasteiger partial charge in [0, 0.05) is 31.6 Å². The standard InChI is InChI=1S/C26H28N4O3S/c1-33-23-9-5-3-7-18(23)14-30-13-12-22-20(15-30)25(32)29-26(28-22)34-16-24(31)27-21-11-10-17-6-2-4-8-19(17)21/h2-9,21H,10-16H2,1H3,(H,27,31)(H,28,29,32). The monoisotopic (exact) mass is 476 g/mol. The minimum absolute atomic E-state index is 0.0462. The van der Waals surface area contributed by atoms with Crippen LogP contribution >= 0.6 is 11.8 Å². The highest BCUT2D eigenvalue weighted by Gasteiger charge is 2.24. The zero-order chi connectivity index (χ0) is 23.5. The molecule has 1 aliphatic heterocycles. The van der Waals surface area contributed by atoms with Gasteiger partial charge in [0.15, 0.2) is 5.16 Å². The SMILES string of the molecule is COc1ccccc1CN1CCc2nc(SCC(=O)NC3CCc4ccccc43)[nH]c(=O)c2C1. The van der Waals surface area contributed by atoms with Crippen LogP contribution in [0.1, 0.15) is 40.4 Å². The van der Waals surface area contributed by atoms with Gasteiger partial charge in [-0.1, -0.05) is 54.2 Å². The van der Waals surface area contributed by atoms with Crippen LogP contribution in [0.15, 0.2) is 58.5 Å². The van der Waals surface area contributed by atoms with Gasteiger partial charge in [0.1, 0.15) is 5.75 Å². The molecule has 7 nitrogen and oxygen atoms in total. The third-order valence-electron chi connectivity index (χ3n) is 6.52. The first-order chi connectivity index (χ1) is 16.6. The number of ether oxygens (including phenoxy) is 1. The molecule has 8 heteroatoms. The van der Waals surface area contributed by atoms with Crippen LogP contribution in [-0.2, 0) is 30.7 Å². The molecule has 34 heavy (non-hydrogen) atoms. The third-order valence-corrected chi connectivity index (χ3v) is 7.39. The maximum Gasteiger partial charge on any atom is 0.256 e. The average molecular weight is 477 g/mol. The Kier molecular flexibility index (Phi) is 6.69. The third kappa shape index (κ3) is 4.88. The maximum atomic E-state index is 12.8. The minimum Gasteiger partial charge on any atom is -0.496 e. The van der Waals surface area contributed by atoms with E-state index in [2.05, 4.69) is 32.3 Å². The molecule has 1 aromatic heterocycles. The Labute approximate surface area is 202 Å². The highest BCUT2D eigenvalue weighted by atomic mass is 32.2. The van der Waals surface area contributed by atoms with E-state index in [1.54, 1.807) is 7.11 Å². The van der Waals surface area contributed by atoms with Crippen molar-refractivity contribution in [3.8, 4) is 5.75 Å². The van der Waals surface area contributed by atoms with Crippen molar-refractivity contribution in [3.05, 3.63) is 86.8 Å². The number of carbonyl (C=O) groups is 1. The van der Waals surface area contributed by atoms with Gasteiger partial charge in [0.25, 0.3) is 5.56 Å². The van der Waals surface area contributed by atoms with E-state index in [1.807, 2.05) is 36.4 Å². The predicted octanol–water partition coefficient (Wildman–Crippen LogP) is 3.23. The number of H-pyrrole nitrogens is 1. The maximum absolute atomic E-state index is 12.8. The molecule has 1 unspecified atom stereocenters. The van der Waals surface area contributed by atoms with Crippen molar-refractivity contribution in [2.45, 2.75) is 43.6 Å². The van der Waals surface area contributed by atoms with E-state index in [0.29, 0.717) is 30.2 Å². The van der Waals surface area contributed by atoms with Gasteiger partial charge in [-0.3, -0.25) is 14.5 Å². The van der Waals surface area contributed by atoms with E-state index in [0.717, 1.165) is 36.4 Å². The Morgan fingerprint density at radius 1 is 1.21 bits per heavy atom. The second-order valence-electron chi connectivity index (χ2n) is 8.72. The second kappa shape index (κ2) is 10.0. The number of hydrogen-bond acceptors (Lipinski definition) is 6. The van der Waals surface area contributed by atoms with E-state index in [4.69, 9.17) is 4.74 Å². The number of fused-ring (bicyclic) bond motifs is 2. The Morgan fingerprint density at radius 2 is 2.03 bits per heavy atom. The van der Waals surface area contributed by atoms with Crippen molar-refractivity contribution in [2.75, 3.05) is 19.4 Å². The fraction of sp³-hybridized carbons (Fsp3) is 0.346. The Hall–Kier alpha value is -3.10. The summed E-state index contributed by atoms with van der Waals surface area (Å²) in [7, 11) is 1.67. The topological polar surface area (TPSA) is 87.3 Å². The van der Waals surface area contributed by atoms with Crippen molar-refractivity contribution in [3.63, 3.8) is 0 Å². The molecule has 0 radical (unpaired) electrons. The number of para-hydroxylation sites is 1. The lowest BCUT2D eigenvalue weighted by atomic mass is 10.1. The van der Waals surface area contributed by atoms with Crippen LogP contribution in [0.4, 0.5) is 0 Å². The summed E-state index contributed by atoms with van der Waals surface area (Å²) in [4.78, 5) is 35.1. The highest BCUT2D eigenvalue weighted by molar-refractivity contribution is 7.99. The van der Waals surface area contributed by atoms with Crippen LogP contribution in [0.25, 0.3) is 0 Å². The molecule has 2 N–H and O–H groups in total. The van der Waals surface area contributed by atoms with Crippen molar-refractivity contribution in [2.24, 2.45) is 0 Å². The summed E-state index contributed by atoms with van der Waals surface area (Å²) in [5.41, 5.74) is 5.02. The summed E-state index contributed by atoms with van der Waals surface area (Å²) in [5.74, 6) is 1.03. The molecule has 176 valence electrons. The lowest BCUT2D eigenvalue weighted by molar-refractivity contribution is -0.119. The number of hydrogen-bond donors (Lipinski definition) is 2. The van der Waals surface area contributed by atoms with Crippen molar-refractivity contribution in [1.29, 1.82) is 0 Å². The predicted molar refractivity (Wildman–Crippen MR) is 132 cm³/mol. The van der Waals surface area contributed by atoms with Crippen molar-refractivity contribution < 1.29 is 9.53 Å². The quantitative estimate of drug-likeness (QED) is 0.402. The molecule has 2 aliphatic rings. The number of thioether (sulfide) groups is 1. The Balaban J connectivity index is 1.19. The normalized spacial score (nSPS) is 17.1. The minimum atomic E-state index is -0.123. The fourth-order valence-electron chi connectivity index (χ4n) is 4.81. The van der Waals surface area contributed by atoms with E-state index >= 15 is 0 Å². The summed E-state index contributed by atoms with van der Waals surface area (Å²) >= 11 is 1.28. The van der Waals surface area contributed by atoms with Crippen LogP contribution in [0.5, 0.6) is 5.75 Å². The summed E-state index contributed by atoms with van der Waals surface area (Å²) in [6.07, 6.45) is 2.62. The molecule has 0 fully saturated rings. The molecule has 1 aliphatic carbocycles. The van der Waals surface area contributed by atoms with Gasteiger partial charge in [-0.05, 0) is 30.0 Å². The number of methoxy groups -OCH3 is 1. The first kappa shape index (κ1) is 22.7. The molecule has 3 aromatic rings. The van der Waals surface area contributed by atoms with Crippen molar-refractivity contribution >= 4 is 17.7 Å². The first-order valence-electron chi connectivity index (χ1n) is 11.6. The van der Waals surface area contributed by atoms with Gasteiger partial charge >= 0.3 is 0 Å². The van der Waals surface area contributed by atoms with Gasteiger partial charge in [-0.15, -0.1) is 0 Å². The molecule has 0 bridgehead atoms. The number of rotatable bonds is 7. The van der Waals surface area contributed by atoms with Crippen LogP contribution in [0.2, 0.25) is 0 Å². The lowest BCUT2D eigenvalue weighted by Gasteiger charge is -2.28. The Morgan fingerprint density at radius 3 is 2.91 bits per heavy atom. The van der Waals surface area contributed by atoms with Gasteiger partial charge in [0.05, 0.1) is 30.2 Å². The molecule has 2 aromatic carbocycles. The number of benzene rings is 2. The number of carbonyl (C=O) groups excluding carboxylic acids is 1. The number of nitrogens with zero attached hydrogens (tertiary/aromatic N) is 2. The number of aryl methyl sites for hydroxylation is 1. The molecular weight excluding hydrogens is 448 g/mol. The summed E-state index contributed by atoms with van der Waals surface area (Å²) in [5, 5.41) is 3.63. The van der Waals surface area contributed by atoms with Gasteiger partial charge < -0.3 is 15.0 Å². The van der Waals surface area contributed by atoms with Crippen LogP contribution in [0.3, 0.4) is 0 Å². The number of amides is 1. The van der Waals surface area contributed by atoms with Gasteiger partial charge in [-0.25, -0.2) is 4.98 Å². The van der Waals surface area contributed by atoms with Crippen LogP contribution in [0, 0.1) is 0 Å². The molecule has 1 amide bonds. The highest BCUT2D eigenvalue weighted by Crippen LogP contribution is 2.31. The van der Waals surface area contributed by atoms with Crippen LogP contribution in [-0.4, -0.2) is 40.2 Å². The zero-order valence-electron chi connectivity index (χ0n) is 19.2. The van der Waals surface area contributed by atoms with E-state index < -0.39 is 0 Å². The zero-order valence-corrected chi connectivity index (χ0v) is 20.0. The number of nitrogens with one attached hydrogen (secondary N) is 2. The van der Waals surface area contributed by atoms with Crippen LogP contribution < -0.4 is 15.6 Å². The van der Waals surface area contributed by atoms with E-state index in [-0.39, 0.29) is 23.3 Å². The largest absolute Gasteiger partial charge is 0.496 e.